The first-order valence-electron chi connectivity index (χ1n) is 24.5. The van der Waals surface area contributed by atoms with E-state index in [1.54, 1.807) is 54.8 Å². The molecule has 4 aliphatic rings. The number of alkyl halides is 1. The van der Waals surface area contributed by atoms with E-state index in [1.165, 1.54) is 29.2 Å². The first-order valence-corrected chi connectivity index (χ1v) is 25.7. The Bertz CT molecular complexity index is 3190. The fourth-order valence-corrected chi connectivity index (χ4v) is 10.2. The lowest BCUT2D eigenvalue weighted by Crippen LogP contribution is -2.62. The standard InChI is InChI=1S/C27H28FN3O4.C23H20FN3O4.C6H11BrO2/c1-27(2,3)35-25(33)16-29-15-24(32)31-14-23-20(12-22(31)26(29)34)19-6-4-5-7-21(19)30(23)13-17-8-10-18(28)11-9-17;24-15-7-5-14(6-8-15)10-26-18-4-2-1-3-16(18)17-9-19-23(31)25(13-22(29)30)12-21(28)27(19)11-20(17)26;1-6(2,3)9-5(8)4-7/h4-11,22H,12-16H2,1-3H3;1-8,19H,9-13H2,(H,29,30);4H2,1-3H3. The molecule has 394 valence electrons. The first-order chi connectivity index (χ1) is 35.5. The summed E-state index contributed by atoms with van der Waals surface area (Å²) in [5.74, 6) is -3.49. The van der Waals surface area contributed by atoms with Crippen LogP contribution in [0.25, 0.3) is 21.8 Å². The van der Waals surface area contributed by atoms with Crippen molar-refractivity contribution >= 4 is 79.3 Å². The predicted molar refractivity (Wildman–Crippen MR) is 277 cm³/mol. The van der Waals surface area contributed by atoms with Crippen molar-refractivity contribution in [1.29, 1.82) is 0 Å². The van der Waals surface area contributed by atoms with Gasteiger partial charge >= 0.3 is 17.9 Å². The molecule has 4 aliphatic heterocycles. The smallest absolute Gasteiger partial charge is 0.326 e. The third kappa shape index (κ3) is 12.3. The minimum Gasteiger partial charge on any atom is -0.480 e. The van der Waals surface area contributed by atoms with Gasteiger partial charge in [0.1, 0.15) is 66.4 Å². The second-order valence-corrected chi connectivity index (χ2v) is 21.4. The molecule has 1 N–H and O–H groups in total. The molecule has 2 atom stereocenters. The van der Waals surface area contributed by atoms with Crippen LogP contribution in [0.2, 0.25) is 0 Å². The molecule has 16 nitrogen and oxygen atoms in total. The first kappa shape index (κ1) is 53.9. The highest BCUT2D eigenvalue weighted by Gasteiger charge is 2.46. The van der Waals surface area contributed by atoms with Crippen LogP contribution in [0.5, 0.6) is 0 Å². The van der Waals surface area contributed by atoms with E-state index in [2.05, 4.69) is 25.1 Å². The summed E-state index contributed by atoms with van der Waals surface area (Å²) in [6, 6.07) is 27.2. The van der Waals surface area contributed by atoms with E-state index >= 15 is 0 Å². The average molecular weight is 1090 g/mol. The zero-order chi connectivity index (χ0) is 54.1. The van der Waals surface area contributed by atoms with Crippen molar-refractivity contribution in [2.45, 2.75) is 104 Å². The number of carbonyl (C=O) groups is 7. The number of carboxylic acids is 1. The highest BCUT2D eigenvalue weighted by molar-refractivity contribution is 9.09. The van der Waals surface area contributed by atoms with Crippen molar-refractivity contribution in [3.05, 3.63) is 142 Å². The summed E-state index contributed by atoms with van der Waals surface area (Å²) < 4.78 is 41.3. The molecule has 10 rings (SSSR count). The number of amides is 4. The quantitative estimate of drug-likeness (QED) is 0.117. The number of piperazine rings is 2. The molecule has 75 heavy (non-hydrogen) atoms. The molecule has 4 amide bonds. The van der Waals surface area contributed by atoms with Gasteiger partial charge in [-0.2, -0.15) is 0 Å². The largest absolute Gasteiger partial charge is 0.480 e. The summed E-state index contributed by atoms with van der Waals surface area (Å²) >= 11 is 2.99. The van der Waals surface area contributed by atoms with Crippen molar-refractivity contribution in [1.82, 2.24) is 28.7 Å². The molecular weight excluding hydrogens is 1030 g/mol. The maximum absolute atomic E-state index is 13.4. The number of fused-ring (bicyclic) bond motifs is 8. The Labute approximate surface area is 440 Å². The Hall–Kier alpha value is -7.41. The van der Waals surface area contributed by atoms with E-state index in [0.29, 0.717) is 32.5 Å². The van der Waals surface area contributed by atoms with Crippen LogP contribution in [0.15, 0.2) is 97.1 Å². The normalized spacial score (nSPS) is 17.3. The maximum Gasteiger partial charge on any atom is 0.326 e. The lowest BCUT2D eigenvalue weighted by Gasteiger charge is -2.42. The molecule has 6 heterocycles. The van der Waals surface area contributed by atoms with Gasteiger partial charge in [0.2, 0.25) is 23.6 Å². The van der Waals surface area contributed by atoms with Gasteiger partial charge in [-0.15, -0.1) is 0 Å². The van der Waals surface area contributed by atoms with E-state index in [-0.39, 0.29) is 78.3 Å². The summed E-state index contributed by atoms with van der Waals surface area (Å²) in [6.45, 7) is 11.3. The Morgan fingerprint density at radius 1 is 0.573 bits per heavy atom. The van der Waals surface area contributed by atoms with E-state index in [4.69, 9.17) is 14.6 Å². The third-order valence-electron chi connectivity index (χ3n) is 13.2. The summed E-state index contributed by atoms with van der Waals surface area (Å²) in [7, 11) is 0. The topological polar surface area (TPSA) is 181 Å². The van der Waals surface area contributed by atoms with Crippen LogP contribution in [0.1, 0.15) is 75.2 Å². The van der Waals surface area contributed by atoms with Gasteiger partial charge in [-0.25, -0.2) is 8.78 Å². The Morgan fingerprint density at radius 2 is 0.960 bits per heavy atom. The number of hydrogen-bond acceptors (Lipinski definition) is 9. The fraction of sp³-hybridized carbons (Fsp3) is 0.375. The monoisotopic (exact) mass is 1090 g/mol. The van der Waals surface area contributed by atoms with Crippen LogP contribution in [0.3, 0.4) is 0 Å². The SMILES string of the molecule is CC(C)(C)OC(=O)CBr.CC(C)(C)OC(=O)CN1CC(=O)N2Cc3c(c4ccccc4n3Cc3ccc(F)cc3)CC2C1=O.O=C(O)CN1CC(=O)N2Cc3c(c4ccccc4n3Cc3ccc(F)cc3)CC2C1=O. The highest BCUT2D eigenvalue weighted by Crippen LogP contribution is 2.37. The van der Waals surface area contributed by atoms with Crippen molar-refractivity contribution in [2.75, 3.05) is 31.5 Å². The number of aliphatic carboxylic acids is 1. The van der Waals surface area contributed by atoms with Crippen LogP contribution in [-0.4, -0.2) is 130 Å². The van der Waals surface area contributed by atoms with Crippen LogP contribution >= 0.6 is 15.9 Å². The second-order valence-electron chi connectivity index (χ2n) is 20.9. The molecule has 2 saturated heterocycles. The van der Waals surface area contributed by atoms with Gasteiger partial charge in [-0.1, -0.05) is 76.6 Å². The van der Waals surface area contributed by atoms with Gasteiger partial charge in [0.25, 0.3) is 0 Å². The number of rotatable bonds is 9. The maximum atomic E-state index is 13.4. The molecule has 0 aliphatic carbocycles. The third-order valence-corrected chi connectivity index (χ3v) is 13.6. The van der Waals surface area contributed by atoms with Gasteiger partial charge in [0, 0.05) is 59.1 Å². The highest BCUT2D eigenvalue weighted by atomic mass is 79.9. The zero-order valence-electron chi connectivity index (χ0n) is 42.6. The van der Waals surface area contributed by atoms with Crippen LogP contribution in [0.4, 0.5) is 8.78 Å². The molecule has 0 radical (unpaired) electrons. The molecule has 2 aromatic heterocycles. The number of ether oxygens (including phenoxy) is 2. The molecular formula is C56H59BrF2N6O10. The summed E-state index contributed by atoms with van der Waals surface area (Å²) in [5, 5.41) is 11.4. The summed E-state index contributed by atoms with van der Waals surface area (Å²) in [5.41, 5.74) is 6.81. The number of nitrogens with zero attached hydrogens (tertiary/aromatic N) is 6. The second kappa shape index (κ2) is 21.8. The van der Waals surface area contributed by atoms with E-state index in [1.807, 2.05) is 69.3 Å². The van der Waals surface area contributed by atoms with Crippen molar-refractivity contribution in [2.24, 2.45) is 0 Å². The predicted octanol–water partition coefficient (Wildman–Crippen LogP) is 7.00. The van der Waals surface area contributed by atoms with Crippen LogP contribution in [-0.2, 0) is 82.1 Å². The van der Waals surface area contributed by atoms with E-state index in [0.717, 1.165) is 60.3 Å². The minimum absolute atomic E-state index is 0.151. The zero-order valence-corrected chi connectivity index (χ0v) is 44.2. The average Bonchev–Trinajstić information content (AvgIpc) is 3.85. The molecule has 19 heteroatoms. The number of carboxylic acid groups (broad SMARTS) is 1. The number of esters is 2. The van der Waals surface area contributed by atoms with Crippen LogP contribution in [0, 0.1) is 11.6 Å². The number of carbonyl (C=O) groups excluding carboxylic acids is 6. The minimum atomic E-state index is -1.14. The summed E-state index contributed by atoms with van der Waals surface area (Å²) in [4.78, 5) is 91.8. The van der Waals surface area contributed by atoms with Gasteiger partial charge in [0.05, 0.1) is 13.1 Å². The van der Waals surface area contributed by atoms with Crippen molar-refractivity contribution in [3.63, 3.8) is 0 Å². The lowest BCUT2D eigenvalue weighted by molar-refractivity contribution is -0.165. The molecule has 2 unspecified atom stereocenters. The Balaban J connectivity index is 0.000000172. The van der Waals surface area contributed by atoms with Gasteiger partial charge in [-0.05, 0) is 100 Å². The number of hydrogen-bond donors (Lipinski definition) is 1. The molecule has 2 fully saturated rings. The molecule has 6 aromatic rings. The Morgan fingerprint density at radius 3 is 1.33 bits per heavy atom. The molecule has 0 bridgehead atoms. The van der Waals surface area contributed by atoms with Gasteiger partial charge in [0.15, 0.2) is 0 Å². The van der Waals surface area contributed by atoms with E-state index < -0.39 is 36.2 Å². The number of aromatic nitrogens is 2. The number of para-hydroxylation sites is 2. The van der Waals surface area contributed by atoms with Crippen molar-refractivity contribution < 1.29 is 56.9 Å². The summed E-state index contributed by atoms with van der Waals surface area (Å²) in [6.07, 6.45) is 0.717. The number of halogens is 3. The van der Waals surface area contributed by atoms with Crippen molar-refractivity contribution in [3.8, 4) is 0 Å². The molecule has 0 saturated carbocycles. The van der Waals surface area contributed by atoms with Gasteiger partial charge < -0.3 is 43.3 Å². The van der Waals surface area contributed by atoms with E-state index in [9.17, 15) is 42.3 Å². The lowest BCUT2D eigenvalue weighted by atomic mass is 9.94. The van der Waals surface area contributed by atoms with Gasteiger partial charge in [-0.3, -0.25) is 33.6 Å². The fourth-order valence-electron chi connectivity index (χ4n) is 10.1. The van der Waals surface area contributed by atoms with Crippen LogP contribution < -0.4 is 0 Å². The number of benzene rings is 4. The molecule has 4 aromatic carbocycles. The Kier molecular flexibility index (Phi) is 15.7. The molecule has 0 spiro atoms.